The Morgan fingerprint density at radius 2 is 0.523 bits per heavy atom. The summed E-state index contributed by atoms with van der Waals surface area (Å²) in [5.74, 6) is 0. The molecule has 0 amide bonds. The van der Waals surface area contributed by atoms with Gasteiger partial charge in [-0.15, -0.1) is 0 Å². The third-order valence-corrected chi connectivity index (χ3v) is 11.1. The van der Waals surface area contributed by atoms with E-state index < -0.39 is 7.27 Å². The van der Waals surface area contributed by atoms with Crippen LogP contribution in [-0.2, 0) is 0 Å². The third-order valence-electron chi connectivity index (χ3n) is 8.35. The molecule has 0 atom stereocenters. The zero-order chi connectivity index (χ0) is 31.0. The average Bonchev–Trinajstić information content (AvgIpc) is 3.01. The summed E-state index contributed by atoms with van der Waals surface area (Å²) in [6.45, 7) is 12.9. The maximum Gasteiger partial charge on any atom is 0.0549 e. The highest BCUT2D eigenvalue weighted by atomic mass is 35.7. The van der Waals surface area contributed by atoms with Gasteiger partial charge in [0.1, 0.15) is 0 Å². The molecule has 0 aromatic heterocycles. The number of hydrogen-bond donors (Lipinski definition) is 0. The van der Waals surface area contributed by atoms with Crippen molar-refractivity contribution in [1.82, 2.24) is 0 Å². The molecule has 0 fully saturated rings. The minimum Gasteiger partial charge on any atom is -0.0858 e. The fourth-order valence-corrected chi connectivity index (χ4v) is 8.84. The second-order valence-corrected chi connectivity index (χ2v) is 14.6. The van der Waals surface area contributed by atoms with E-state index in [1.165, 1.54) is 88.5 Å². The van der Waals surface area contributed by atoms with E-state index in [4.69, 9.17) is 11.2 Å². The van der Waals surface area contributed by atoms with Gasteiger partial charge in [-0.05, 0) is 97.2 Å². The van der Waals surface area contributed by atoms with Crippen molar-refractivity contribution in [3.05, 3.63) is 155 Å². The van der Waals surface area contributed by atoms with Crippen LogP contribution in [0.2, 0.25) is 0 Å². The van der Waals surface area contributed by atoms with Crippen LogP contribution >= 0.6 is 18.5 Å². The van der Waals surface area contributed by atoms with Gasteiger partial charge >= 0.3 is 0 Å². The first-order chi connectivity index (χ1) is 21.2. The Balaban J connectivity index is 1.70. The van der Waals surface area contributed by atoms with E-state index in [9.17, 15) is 0 Å². The summed E-state index contributed by atoms with van der Waals surface area (Å²) in [6, 6.07) is 44.8. The van der Waals surface area contributed by atoms with E-state index in [0.717, 1.165) is 0 Å². The molecule has 0 aliphatic rings. The summed E-state index contributed by atoms with van der Waals surface area (Å²) in [6.07, 6.45) is 0. The monoisotopic (exact) mass is 608 g/mol. The van der Waals surface area contributed by atoms with Crippen LogP contribution < -0.4 is 10.6 Å². The van der Waals surface area contributed by atoms with Gasteiger partial charge in [-0.2, -0.15) is 0 Å². The molecule has 0 aliphatic heterocycles. The molecule has 6 aromatic carbocycles. The summed E-state index contributed by atoms with van der Waals surface area (Å²) in [5, 5.41) is 2.40. The molecule has 0 unspecified atom stereocenters. The Kier molecular flexibility index (Phi) is 8.59. The summed E-state index contributed by atoms with van der Waals surface area (Å²) in [7, 11) is -1.33. The molecule has 44 heavy (non-hydrogen) atoms. The zero-order valence-electron chi connectivity index (χ0n) is 26.4. The van der Waals surface area contributed by atoms with Crippen LogP contribution in [-0.4, -0.2) is 0 Å². The van der Waals surface area contributed by atoms with Crippen LogP contribution in [0.15, 0.2) is 121 Å². The van der Waals surface area contributed by atoms with Crippen LogP contribution in [0.25, 0.3) is 44.5 Å². The fourth-order valence-electron chi connectivity index (χ4n) is 5.91. The molecule has 0 N–H and O–H groups in total. The van der Waals surface area contributed by atoms with Crippen LogP contribution in [0.1, 0.15) is 33.4 Å². The normalized spacial score (nSPS) is 11.3. The predicted molar refractivity (Wildman–Crippen MR) is 195 cm³/mol. The van der Waals surface area contributed by atoms with E-state index in [2.05, 4.69) is 163 Å². The van der Waals surface area contributed by atoms with Gasteiger partial charge in [-0.3, -0.25) is 0 Å². The molecule has 2 heteroatoms. The number of benzene rings is 6. The SMILES string of the molecule is Cc1ccc(-c2cc(C)cc(-c3ccc(C)cc3)c2P(Cl)c2c(-c3ccc(C)cc3)cc(C)cc2-c2ccc(C)cc2)cc1. The topological polar surface area (TPSA) is 0 Å². The van der Waals surface area contributed by atoms with Gasteiger partial charge < -0.3 is 0 Å². The third kappa shape index (κ3) is 6.16. The quantitative estimate of drug-likeness (QED) is 0.165. The van der Waals surface area contributed by atoms with Gasteiger partial charge in [-0.1, -0.05) is 155 Å². The maximum absolute atomic E-state index is 8.05. The van der Waals surface area contributed by atoms with Gasteiger partial charge in [0.25, 0.3) is 0 Å². The lowest BCUT2D eigenvalue weighted by molar-refractivity contribution is 1.44. The molecule has 218 valence electrons. The zero-order valence-corrected chi connectivity index (χ0v) is 28.0. The maximum atomic E-state index is 8.05. The van der Waals surface area contributed by atoms with Gasteiger partial charge in [0.15, 0.2) is 0 Å². The second kappa shape index (κ2) is 12.6. The highest BCUT2D eigenvalue weighted by Crippen LogP contribution is 2.50. The molecule has 0 saturated carbocycles. The summed E-state index contributed by atoms with van der Waals surface area (Å²) < 4.78 is 0. The minimum absolute atomic E-state index is 1.19. The largest absolute Gasteiger partial charge is 0.0858 e. The highest BCUT2D eigenvalue weighted by molar-refractivity contribution is 7.96. The van der Waals surface area contributed by atoms with Gasteiger partial charge in [0, 0.05) is 10.6 Å². The van der Waals surface area contributed by atoms with Crippen LogP contribution in [0.3, 0.4) is 0 Å². The number of halogens is 1. The van der Waals surface area contributed by atoms with Gasteiger partial charge in [0.05, 0.1) is 7.27 Å². The molecule has 6 rings (SSSR count). The lowest BCUT2D eigenvalue weighted by Crippen LogP contribution is -2.18. The molecular weight excluding hydrogens is 571 g/mol. The summed E-state index contributed by atoms with van der Waals surface area (Å²) >= 11 is 8.05. The Bertz CT molecular complexity index is 1650. The van der Waals surface area contributed by atoms with Crippen LogP contribution in [0, 0.1) is 41.5 Å². The first-order valence-electron chi connectivity index (χ1n) is 15.2. The van der Waals surface area contributed by atoms with Crippen molar-refractivity contribution in [2.45, 2.75) is 41.5 Å². The van der Waals surface area contributed by atoms with Crippen molar-refractivity contribution in [2.24, 2.45) is 0 Å². The van der Waals surface area contributed by atoms with Crippen LogP contribution in [0.5, 0.6) is 0 Å². The van der Waals surface area contributed by atoms with E-state index in [1.807, 2.05) is 0 Å². The van der Waals surface area contributed by atoms with Crippen molar-refractivity contribution in [3.63, 3.8) is 0 Å². The highest BCUT2D eigenvalue weighted by Gasteiger charge is 2.27. The molecule has 0 heterocycles. The smallest absolute Gasteiger partial charge is 0.0549 e. The Morgan fingerprint density at radius 3 is 0.727 bits per heavy atom. The Labute approximate surface area is 269 Å². The molecule has 0 spiro atoms. The standard InChI is InChI=1S/C42H38ClP/c1-27-7-15-33(16-8-27)37-23-31(5)24-38(34-17-9-28(2)10-18-34)41(37)44(43)42-39(35-19-11-29(3)12-20-35)25-32(6)26-40(42)36-21-13-30(4)14-22-36/h7-26H,1-6H3. The number of rotatable bonds is 6. The van der Waals surface area contributed by atoms with E-state index in [0.29, 0.717) is 0 Å². The first-order valence-corrected chi connectivity index (χ1v) is 17.5. The lowest BCUT2D eigenvalue weighted by Gasteiger charge is -2.26. The van der Waals surface area contributed by atoms with Crippen molar-refractivity contribution in [3.8, 4) is 44.5 Å². The van der Waals surface area contributed by atoms with Gasteiger partial charge in [0.2, 0.25) is 0 Å². The summed E-state index contributed by atoms with van der Waals surface area (Å²) in [4.78, 5) is 0. The minimum atomic E-state index is -1.33. The van der Waals surface area contributed by atoms with Crippen molar-refractivity contribution in [2.75, 3.05) is 0 Å². The molecule has 6 aromatic rings. The average molecular weight is 609 g/mol. The molecule has 0 bridgehead atoms. The number of hydrogen-bond acceptors (Lipinski definition) is 0. The summed E-state index contributed by atoms with van der Waals surface area (Å²) in [5.41, 5.74) is 17.0. The Hall–Kier alpha value is -3.96. The van der Waals surface area contributed by atoms with Crippen molar-refractivity contribution >= 4 is 29.1 Å². The first kappa shape index (κ1) is 30.1. The second-order valence-electron chi connectivity index (χ2n) is 12.2. The van der Waals surface area contributed by atoms with E-state index in [-0.39, 0.29) is 0 Å². The van der Waals surface area contributed by atoms with E-state index >= 15 is 0 Å². The van der Waals surface area contributed by atoms with Crippen molar-refractivity contribution in [1.29, 1.82) is 0 Å². The van der Waals surface area contributed by atoms with Gasteiger partial charge in [-0.25, -0.2) is 0 Å². The fraction of sp³-hybridized carbons (Fsp3) is 0.143. The molecule has 0 nitrogen and oxygen atoms in total. The predicted octanol–water partition coefficient (Wildman–Crippen LogP) is 11.8. The molecule has 0 radical (unpaired) electrons. The molecular formula is C42H38ClP. The molecule has 0 aliphatic carbocycles. The number of aryl methyl sites for hydroxylation is 6. The molecule has 0 saturated heterocycles. The van der Waals surface area contributed by atoms with Crippen LogP contribution in [0.4, 0.5) is 0 Å². The lowest BCUT2D eigenvalue weighted by atomic mass is 9.95. The van der Waals surface area contributed by atoms with Crippen molar-refractivity contribution < 1.29 is 0 Å². The van der Waals surface area contributed by atoms with E-state index in [1.54, 1.807) is 0 Å². The Morgan fingerprint density at radius 1 is 0.318 bits per heavy atom.